The molecule has 1 saturated carbocycles. The number of sulfonamides is 1. The summed E-state index contributed by atoms with van der Waals surface area (Å²) < 4.78 is 34.6. The van der Waals surface area contributed by atoms with E-state index in [0.717, 1.165) is 37.0 Å². The number of fused-ring (bicyclic) bond motifs is 1. The van der Waals surface area contributed by atoms with E-state index >= 15 is 0 Å². The van der Waals surface area contributed by atoms with Gasteiger partial charge in [0.2, 0.25) is 0 Å². The van der Waals surface area contributed by atoms with Gasteiger partial charge in [0, 0.05) is 31.2 Å². The van der Waals surface area contributed by atoms with Gasteiger partial charge in [0.05, 0.1) is 24.8 Å². The Labute approximate surface area is 234 Å². The summed E-state index contributed by atoms with van der Waals surface area (Å²) in [6.45, 7) is 4.08. The number of aliphatic hydroxyl groups is 1. The first kappa shape index (κ1) is 29.2. The number of nitrogens with one attached hydrogen (secondary N) is 2. The highest BCUT2D eigenvalue weighted by molar-refractivity contribution is 7.94. The number of ether oxygens (including phenoxy) is 1. The molecule has 1 aliphatic carbocycles. The molecule has 10 nitrogen and oxygen atoms in total. The predicted molar refractivity (Wildman–Crippen MR) is 151 cm³/mol. The van der Waals surface area contributed by atoms with Gasteiger partial charge in [-0.1, -0.05) is 32.3 Å². The number of rotatable bonds is 8. The summed E-state index contributed by atoms with van der Waals surface area (Å²) in [6.07, 6.45) is 4.96. The first-order valence-electron chi connectivity index (χ1n) is 13.4. The van der Waals surface area contributed by atoms with Crippen molar-refractivity contribution in [2.75, 3.05) is 31.5 Å². The van der Waals surface area contributed by atoms with E-state index < -0.39 is 22.2 Å². The highest BCUT2D eigenvalue weighted by Crippen LogP contribution is 2.32. The number of anilines is 1. The fourth-order valence-corrected chi connectivity index (χ4v) is 7.05. The minimum atomic E-state index is -3.81. The van der Waals surface area contributed by atoms with Crippen LogP contribution < -0.4 is 14.8 Å². The zero-order chi connectivity index (χ0) is 28.2. The monoisotopic (exact) mass is 578 g/mol. The van der Waals surface area contributed by atoms with Gasteiger partial charge in [0.15, 0.2) is 0 Å². The molecule has 3 atom stereocenters. The molecular formula is C27H38N4O6S2. The Morgan fingerprint density at radius 1 is 1.26 bits per heavy atom. The van der Waals surface area contributed by atoms with E-state index in [1.165, 1.54) is 18.6 Å². The van der Waals surface area contributed by atoms with E-state index in [9.17, 15) is 23.1 Å². The van der Waals surface area contributed by atoms with Crippen LogP contribution in [0, 0.1) is 5.92 Å². The third-order valence-corrected chi connectivity index (χ3v) is 10.2. The number of nitrogens with zero attached hydrogens (tertiary/aromatic N) is 2. The van der Waals surface area contributed by atoms with Crippen LogP contribution in [-0.4, -0.2) is 80.2 Å². The van der Waals surface area contributed by atoms with Crippen molar-refractivity contribution in [3.8, 4) is 5.75 Å². The highest BCUT2D eigenvalue weighted by Gasteiger charge is 2.34. The molecule has 2 aromatic rings. The van der Waals surface area contributed by atoms with Crippen LogP contribution in [0.3, 0.4) is 0 Å². The molecule has 0 saturated heterocycles. The van der Waals surface area contributed by atoms with Crippen molar-refractivity contribution in [1.29, 1.82) is 0 Å². The molecule has 1 aromatic carbocycles. The zero-order valence-corrected chi connectivity index (χ0v) is 24.3. The van der Waals surface area contributed by atoms with E-state index in [1.807, 2.05) is 6.92 Å². The Morgan fingerprint density at radius 2 is 2.00 bits per heavy atom. The van der Waals surface area contributed by atoms with Crippen molar-refractivity contribution in [1.82, 2.24) is 15.1 Å². The fourth-order valence-electron chi connectivity index (χ4n) is 5.01. The molecule has 39 heavy (non-hydrogen) atoms. The van der Waals surface area contributed by atoms with Crippen LogP contribution in [0.1, 0.15) is 56.3 Å². The summed E-state index contributed by atoms with van der Waals surface area (Å²) >= 11 is 1.10. The first-order chi connectivity index (χ1) is 18.6. The number of amides is 3. The minimum absolute atomic E-state index is 0.155. The SMILES string of the molecule is C[C@@H]1CN([C@@H](C)CO)C(=O)c2cc(NS(=O)(=O)c3cccs3)ccc2O[C@H]1CN(C)C(=O)NC1CCCCC1. The van der Waals surface area contributed by atoms with Crippen LogP contribution in [0.25, 0.3) is 0 Å². The van der Waals surface area contributed by atoms with E-state index in [0.29, 0.717) is 18.8 Å². The molecule has 0 radical (unpaired) electrons. The number of carbonyl (C=O) groups is 2. The van der Waals surface area contributed by atoms with Gasteiger partial charge in [0.1, 0.15) is 16.1 Å². The lowest BCUT2D eigenvalue weighted by Crippen LogP contribution is -2.52. The molecule has 3 amide bonds. The van der Waals surface area contributed by atoms with Crippen molar-refractivity contribution in [3.63, 3.8) is 0 Å². The quantitative estimate of drug-likeness (QED) is 0.438. The van der Waals surface area contributed by atoms with Gasteiger partial charge < -0.3 is 25.0 Å². The molecule has 1 aliphatic heterocycles. The average Bonchev–Trinajstić information content (AvgIpc) is 3.47. The Hall–Kier alpha value is -2.83. The van der Waals surface area contributed by atoms with Gasteiger partial charge in [-0.25, -0.2) is 13.2 Å². The van der Waals surface area contributed by atoms with E-state index in [-0.39, 0.29) is 46.0 Å². The van der Waals surface area contributed by atoms with E-state index in [4.69, 9.17) is 4.74 Å². The number of aliphatic hydroxyl groups excluding tert-OH is 1. The highest BCUT2D eigenvalue weighted by atomic mass is 32.2. The number of hydrogen-bond donors (Lipinski definition) is 3. The van der Waals surface area contributed by atoms with Gasteiger partial charge >= 0.3 is 6.03 Å². The number of carbonyl (C=O) groups excluding carboxylic acids is 2. The maximum atomic E-state index is 13.6. The zero-order valence-electron chi connectivity index (χ0n) is 22.6. The van der Waals surface area contributed by atoms with Crippen LogP contribution >= 0.6 is 11.3 Å². The lowest BCUT2D eigenvalue weighted by molar-refractivity contribution is 0.0366. The number of thiophene rings is 1. The van der Waals surface area contributed by atoms with Crippen LogP contribution in [-0.2, 0) is 10.0 Å². The standard InChI is InChI=1S/C27H38N4O6S2/c1-18-15-31(19(2)17-32)26(33)22-14-21(29-39(35,36)25-10-7-13-38-25)11-12-23(22)37-24(18)16-30(3)27(34)28-20-8-5-4-6-9-20/h7,10-14,18-20,24,29,32H,4-6,8-9,15-17H2,1-3H3,(H,28,34)/t18-,19+,24+/m1/s1. The Morgan fingerprint density at radius 3 is 2.67 bits per heavy atom. The third kappa shape index (κ3) is 7.03. The predicted octanol–water partition coefficient (Wildman–Crippen LogP) is 3.74. The maximum absolute atomic E-state index is 13.6. The van der Waals surface area contributed by atoms with Crippen molar-refractivity contribution >= 4 is 39.0 Å². The van der Waals surface area contributed by atoms with Gasteiger partial charge in [-0.05, 0) is 49.4 Å². The molecule has 0 bridgehead atoms. The maximum Gasteiger partial charge on any atom is 0.317 e. The normalized spacial score (nSPS) is 21.2. The molecular weight excluding hydrogens is 540 g/mol. The number of urea groups is 1. The summed E-state index contributed by atoms with van der Waals surface area (Å²) in [7, 11) is -2.08. The minimum Gasteiger partial charge on any atom is -0.487 e. The van der Waals surface area contributed by atoms with E-state index in [2.05, 4.69) is 10.0 Å². The van der Waals surface area contributed by atoms with Crippen LogP contribution in [0.2, 0.25) is 0 Å². The van der Waals surface area contributed by atoms with Gasteiger partial charge in [-0.2, -0.15) is 0 Å². The first-order valence-corrected chi connectivity index (χ1v) is 15.8. The van der Waals surface area contributed by atoms with Gasteiger partial charge in [0.25, 0.3) is 15.9 Å². The van der Waals surface area contributed by atoms with Gasteiger partial charge in [-0.15, -0.1) is 11.3 Å². The molecule has 3 N–H and O–H groups in total. The average molecular weight is 579 g/mol. The molecule has 1 fully saturated rings. The van der Waals surface area contributed by atoms with Crippen molar-refractivity contribution in [3.05, 3.63) is 41.3 Å². The summed E-state index contributed by atoms with van der Waals surface area (Å²) in [5, 5.41) is 14.7. The summed E-state index contributed by atoms with van der Waals surface area (Å²) in [5.41, 5.74) is 0.415. The molecule has 0 spiro atoms. The molecule has 214 valence electrons. The molecule has 4 rings (SSSR count). The number of likely N-dealkylation sites (N-methyl/N-ethyl adjacent to an activating group) is 1. The lowest BCUT2D eigenvalue weighted by Gasteiger charge is -2.38. The molecule has 2 aliphatic rings. The summed E-state index contributed by atoms with van der Waals surface area (Å²) in [4.78, 5) is 29.8. The van der Waals surface area contributed by atoms with Crippen molar-refractivity contribution in [2.24, 2.45) is 5.92 Å². The molecule has 1 aromatic heterocycles. The fraction of sp³-hybridized carbons (Fsp3) is 0.556. The van der Waals surface area contributed by atoms with Crippen molar-refractivity contribution in [2.45, 2.75) is 68.3 Å². The second-order valence-corrected chi connectivity index (χ2v) is 13.4. The summed E-state index contributed by atoms with van der Waals surface area (Å²) in [5.74, 6) is -0.220. The van der Waals surface area contributed by atoms with Gasteiger partial charge in [-0.3, -0.25) is 9.52 Å². The molecule has 0 unspecified atom stereocenters. The van der Waals surface area contributed by atoms with Crippen LogP contribution in [0.4, 0.5) is 10.5 Å². The largest absolute Gasteiger partial charge is 0.487 e. The third-order valence-electron chi connectivity index (χ3n) is 7.41. The smallest absolute Gasteiger partial charge is 0.317 e. The number of hydrogen-bond acceptors (Lipinski definition) is 7. The molecule has 2 heterocycles. The van der Waals surface area contributed by atoms with E-state index in [1.54, 1.807) is 47.4 Å². The molecule has 12 heteroatoms. The second kappa shape index (κ2) is 12.6. The Balaban J connectivity index is 1.58. The van der Waals surface area contributed by atoms with Crippen molar-refractivity contribution < 1.29 is 27.9 Å². The summed E-state index contributed by atoms with van der Waals surface area (Å²) in [6, 6.07) is 7.31. The Kier molecular flexibility index (Phi) is 9.39. The second-order valence-electron chi connectivity index (χ2n) is 10.5. The van der Waals surface area contributed by atoms with Crippen LogP contribution in [0.15, 0.2) is 39.9 Å². The number of benzene rings is 1. The topological polar surface area (TPSA) is 128 Å². The lowest BCUT2D eigenvalue weighted by atomic mass is 9.96. The Bertz CT molecular complexity index is 1250. The van der Waals surface area contributed by atoms with Crippen LogP contribution in [0.5, 0.6) is 5.75 Å².